The minimum Gasteiger partial charge on any atom is -0.405 e. The molecule has 0 fully saturated rings. The van der Waals surface area contributed by atoms with E-state index < -0.39 is 16.6 Å². The Morgan fingerprint density at radius 3 is 1.83 bits per heavy atom. The first-order chi connectivity index (χ1) is 7.92. The lowest BCUT2D eigenvalue weighted by Gasteiger charge is -2.41. The fourth-order valence-corrected chi connectivity index (χ4v) is 3.72. The van der Waals surface area contributed by atoms with Crippen LogP contribution in [0.4, 0.5) is 0 Å². The molecular weight excluding hydrogens is 254 g/mol. The van der Waals surface area contributed by atoms with Crippen molar-refractivity contribution in [3.63, 3.8) is 0 Å². The monoisotopic (exact) mass is 289 g/mol. The maximum absolute atomic E-state index is 6.38. The van der Waals surface area contributed by atoms with E-state index in [4.69, 9.17) is 4.43 Å². The van der Waals surface area contributed by atoms with Crippen LogP contribution >= 0.6 is 0 Å². The number of unbranched alkanes of at least 4 members (excludes halogenated alkanes) is 1. The minimum absolute atomic E-state index is 0.308. The molecule has 4 heteroatoms. The predicted molar refractivity (Wildman–Crippen MR) is 88.1 cm³/mol. The summed E-state index contributed by atoms with van der Waals surface area (Å²) in [6, 6.07) is 0. The van der Waals surface area contributed by atoms with E-state index in [0.29, 0.717) is 5.04 Å². The zero-order valence-electron chi connectivity index (χ0n) is 14.2. The van der Waals surface area contributed by atoms with Crippen molar-refractivity contribution in [2.45, 2.75) is 78.3 Å². The summed E-state index contributed by atoms with van der Waals surface area (Å²) in [5.74, 6) is 0. The molecule has 0 aromatic heterocycles. The second kappa shape index (κ2) is 6.68. The van der Waals surface area contributed by atoms with E-state index in [0.717, 1.165) is 6.73 Å². The van der Waals surface area contributed by atoms with Gasteiger partial charge in [-0.15, -0.1) is 0 Å². The van der Waals surface area contributed by atoms with Gasteiger partial charge < -0.3 is 8.99 Å². The van der Waals surface area contributed by atoms with Crippen molar-refractivity contribution in [3.8, 4) is 0 Å². The minimum atomic E-state index is -1.61. The number of rotatable bonds is 7. The maximum atomic E-state index is 6.38. The highest BCUT2D eigenvalue weighted by molar-refractivity contribution is 6.74. The third kappa shape index (κ3) is 6.00. The van der Waals surface area contributed by atoms with Crippen molar-refractivity contribution in [3.05, 3.63) is 0 Å². The summed E-state index contributed by atoms with van der Waals surface area (Å²) >= 11 is 0. The van der Waals surface area contributed by atoms with Gasteiger partial charge in [-0.1, -0.05) is 53.8 Å². The molecular formula is C14H35NOSi2. The maximum Gasteiger partial charge on any atom is 0.193 e. The first kappa shape index (κ1) is 18.4. The van der Waals surface area contributed by atoms with Gasteiger partial charge in [0.15, 0.2) is 8.32 Å². The molecule has 18 heavy (non-hydrogen) atoms. The van der Waals surface area contributed by atoms with E-state index in [9.17, 15) is 0 Å². The number of hydrogen-bond acceptors (Lipinski definition) is 2. The summed E-state index contributed by atoms with van der Waals surface area (Å²) in [4.78, 5) is 0. The van der Waals surface area contributed by atoms with Crippen LogP contribution in [0.5, 0.6) is 0 Å². The largest absolute Gasteiger partial charge is 0.405 e. The smallest absolute Gasteiger partial charge is 0.193 e. The average molecular weight is 290 g/mol. The van der Waals surface area contributed by atoms with E-state index in [2.05, 4.69) is 65.0 Å². The Morgan fingerprint density at radius 2 is 1.50 bits per heavy atom. The van der Waals surface area contributed by atoms with Gasteiger partial charge in [0, 0.05) is 0 Å². The van der Waals surface area contributed by atoms with Crippen LogP contribution < -0.4 is 0 Å². The Kier molecular flexibility index (Phi) is 6.81. The Labute approximate surface area is 117 Å². The fraction of sp³-hybridized carbons (Fsp3) is 1.00. The lowest BCUT2D eigenvalue weighted by Crippen LogP contribution is -2.51. The molecule has 0 atom stereocenters. The van der Waals surface area contributed by atoms with E-state index in [1.807, 2.05) is 0 Å². The highest BCUT2D eigenvalue weighted by atomic mass is 28.4. The van der Waals surface area contributed by atoms with Crippen LogP contribution in [0, 0.1) is 0 Å². The fourth-order valence-electron chi connectivity index (χ4n) is 1.40. The van der Waals surface area contributed by atoms with Gasteiger partial charge in [0.05, 0.1) is 6.73 Å². The van der Waals surface area contributed by atoms with Crippen LogP contribution in [0.15, 0.2) is 0 Å². The van der Waals surface area contributed by atoms with Crippen molar-refractivity contribution in [1.29, 1.82) is 0 Å². The van der Waals surface area contributed by atoms with Crippen LogP contribution in [-0.4, -0.2) is 34.4 Å². The second-order valence-corrected chi connectivity index (χ2v) is 17.6. The zero-order chi connectivity index (χ0) is 14.6. The molecule has 0 amide bonds. The molecule has 0 aliphatic carbocycles. The molecule has 0 spiro atoms. The van der Waals surface area contributed by atoms with Crippen LogP contribution in [0.1, 0.15) is 40.5 Å². The molecule has 0 N–H and O–H groups in total. The van der Waals surface area contributed by atoms with E-state index in [1.165, 1.54) is 19.4 Å². The highest BCUT2D eigenvalue weighted by Gasteiger charge is 2.38. The van der Waals surface area contributed by atoms with Gasteiger partial charge in [-0.25, -0.2) is 0 Å². The summed E-state index contributed by atoms with van der Waals surface area (Å²) in [5.41, 5.74) is 0. The second-order valence-electron chi connectivity index (χ2n) is 7.82. The molecule has 0 saturated heterocycles. The lowest BCUT2D eigenvalue weighted by atomic mass is 10.2. The van der Waals surface area contributed by atoms with Crippen molar-refractivity contribution in [2.24, 2.45) is 0 Å². The van der Waals surface area contributed by atoms with Gasteiger partial charge in [0.25, 0.3) is 0 Å². The third-order valence-electron chi connectivity index (χ3n) is 4.12. The number of nitrogens with zero attached hydrogens (tertiary/aromatic N) is 1. The molecule has 0 rings (SSSR count). The molecule has 110 valence electrons. The quantitative estimate of drug-likeness (QED) is 0.488. The summed E-state index contributed by atoms with van der Waals surface area (Å²) in [6.45, 7) is 23.2. The Bertz CT molecular complexity index is 241. The Hall–Kier alpha value is 0.354. The summed E-state index contributed by atoms with van der Waals surface area (Å²) in [7, 11) is -2.86. The van der Waals surface area contributed by atoms with Crippen LogP contribution in [0.3, 0.4) is 0 Å². The zero-order valence-corrected chi connectivity index (χ0v) is 16.2. The van der Waals surface area contributed by atoms with Crippen molar-refractivity contribution < 1.29 is 4.43 Å². The average Bonchev–Trinajstić information content (AvgIpc) is 2.13. The Balaban J connectivity index is 4.53. The van der Waals surface area contributed by atoms with Crippen molar-refractivity contribution >= 4 is 16.6 Å². The molecule has 0 saturated carbocycles. The van der Waals surface area contributed by atoms with E-state index in [-0.39, 0.29) is 0 Å². The van der Waals surface area contributed by atoms with Gasteiger partial charge in [-0.05, 0) is 31.1 Å². The van der Waals surface area contributed by atoms with Crippen molar-refractivity contribution in [1.82, 2.24) is 4.57 Å². The molecule has 2 nitrogen and oxygen atoms in total. The van der Waals surface area contributed by atoms with Crippen LogP contribution in [0.2, 0.25) is 37.8 Å². The van der Waals surface area contributed by atoms with Gasteiger partial charge in [-0.3, -0.25) is 0 Å². The predicted octanol–water partition coefficient (Wildman–Crippen LogP) is 4.90. The number of hydrogen-bond donors (Lipinski definition) is 0. The lowest BCUT2D eigenvalue weighted by molar-refractivity contribution is 0.175. The standard InChI is InChI=1S/C14H35NOSi2/c1-10-11-12-15(17(5,6)7)13-16-18(8,9)14(2,3)4/h10-13H2,1-9H3. The summed E-state index contributed by atoms with van der Waals surface area (Å²) in [5, 5.41) is 0.308. The molecule has 0 radical (unpaired) electrons. The molecule has 0 aromatic rings. The van der Waals surface area contributed by atoms with Crippen LogP contribution in [0.25, 0.3) is 0 Å². The molecule has 0 aliphatic rings. The van der Waals surface area contributed by atoms with Gasteiger partial charge in [-0.2, -0.15) is 0 Å². The molecule has 0 aliphatic heterocycles. The van der Waals surface area contributed by atoms with Gasteiger partial charge in [0.2, 0.25) is 0 Å². The molecule has 0 unspecified atom stereocenters. The first-order valence-electron chi connectivity index (χ1n) is 7.31. The molecule has 0 bridgehead atoms. The van der Waals surface area contributed by atoms with Crippen molar-refractivity contribution in [2.75, 3.05) is 13.3 Å². The Morgan fingerprint density at radius 1 is 1.00 bits per heavy atom. The highest BCUT2D eigenvalue weighted by Crippen LogP contribution is 2.36. The van der Waals surface area contributed by atoms with E-state index in [1.54, 1.807) is 0 Å². The molecule has 0 heterocycles. The van der Waals surface area contributed by atoms with E-state index >= 15 is 0 Å². The third-order valence-corrected chi connectivity index (χ3v) is 10.8. The summed E-state index contributed by atoms with van der Waals surface area (Å²) < 4.78 is 8.99. The van der Waals surface area contributed by atoms with Crippen LogP contribution in [-0.2, 0) is 4.43 Å². The van der Waals surface area contributed by atoms with Gasteiger partial charge >= 0.3 is 0 Å². The van der Waals surface area contributed by atoms with Gasteiger partial charge in [0.1, 0.15) is 8.24 Å². The summed E-state index contributed by atoms with van der Waals surface area (Å²) in [6.07, 6.45) is 2.55. The first-order valence-corrected chi connectivity index (χ1v) is 13.7. The topological polar surface area (TPSA) is 12.5 Å². The SMILES string of the molecule is CCCCN(CO[Si](C)(C)C(C)(C)C)[Si](C)(C)C. The normalized spacial score (nSPS) is 14.3. The molecule has 0 aromatic carbocycles.